The summed E-state index contributed by atoms with van der Waals surface area (Å²) in [5.41, 5.74) is 6.36. The number of amides is 1. The van der Waals surface area contributed by atoms with Crippen LogP contribution in [0.5, 0.6) is 0 Å². The van der Waals surface area contributed by atoms with Crippen LogP contribution in [0.2, 0.25) is 0 Å². The van der Waals surface area contributed by atoms with Gasteiger partial charge in [-0.15, -0.1) is 0 Å². The van der Waals surface area contributed by atoms with Crippen molar-refractivity contribution >= 4 is 16.9 Å². The molecule has 2 saturated carbocycles. The van der Waals surface area contributed by atoms with E-state index >= 15 is 0 Å². The molecule has 28 heavy (non-hydrogen) atoms. The predicted octanol–water partition coefficient (Wildman–Crippen LogP) is 1.09. The number of aromatic amines is 1. The highest BCUT2D eigenvalue weighted by molar-refractivity contribution is 6.05. The van der Waals surface area contributed by atoms with Crippen LogP contribution in [-0.2, 0) is 6.54 Å². The lowest BCUT2D eigenvalue weighted by Gasteiger charge is -2.16. The first-order chi connectivity index (χ1) is 13.3. The Morgan fingerprint density at radius 2 is 2.04 bits per heavy atom. The van der Waals surface area contributed by atoms with Crippen LogP contribution in [0.3, 0.4) is 0 Å². The third kappa shape index (κ3) is 3.73. The van der Waals surface area contributed by atoms with Crippen molar-refractivity contribution in [2.45, 2.75) is 58.0 Å². The minimum Gasteiger partial charge on any atom is -0.350 e. The molecule has 2 heterocycles. The lowest BCUT2D eigenvalue weighted by Crippen LogP contribution is -2.39. The molecule has 0 radical (unpaired) electrons. The number of nitrogens with one attached hydrogen (secondary N) is 2. The molecule has 2 aromatic heterocycles. The van der Waals surface area contributed by atoms with Gasteiger partial charge in [-0.2, -0.15) is 0 Å². The van der Waals surface area contributed by atoms with Crippen molar-refractivity contribution in [3.05, 3.63) is 38.2 Å². The second kappa shape index (κ2) is 7.16. The fourth-order valence-electron chi connectivity index (χ4n) is 3.59. The zero-order valence-corrected chi connectivity index (χ0v) is 16.3. The van der Waals surface area contributed by atoms with Crippen molar-refractivity contribution in [3.8, 4) is 0 Å². The van der Waals surface area contributed by atoms with E-state index in [1.807, 2.05) is 13.8 Å². The monoisotopic (exact) mass is 385 g/mol. The first-order valence-electron chi connectivity index (χ1n) is 10.1. The van der Waals surface area contributed by atoms with E-state index in [9.17, 15) is 14.4 Å². The van der Waals surface area contributed by atoms with Gasteiger partial charge in [-0.1, -0.05) is 13.8 Å². The first-order valence-corrected chi connectivity index (χ1v) is 10.1. The predicted molar refractivity (Wildman–Crippen MR) is 106 cm³/mol. The minimum absolute atomic E-state index is 0.0719. The van der Waals surface area contributed by atoms with Gasteiger partial charge in [0.1, 0.15) is 0 Å². The number of rotatable bonds is 7. The molecule has 2 fully saturated rings. The van der Waals surface area contributed by atoms with Crippen molar-refractivity contribution in [3.63, 3.8) is 0 Å². The Morgan fingerprint density at radius 3 is 2.64 bits per heavy atom. The molecule has 8 nitrogen and oxygen atoms in total. The van der Waals surface area contributed by atoms with Gasteiger partial charge in [0.2, 0.25) is 0 Å². The van der Waals surface area contributed by atoms with Crippen LogP contribution in [-0.4, -0.2) is 33.0 Å². The molecule has 2 aromatic rings. The molecule has 1 amide bonds. The summed E-state index contributed by atoms with van der Waals surface area (Å²) >= 11 is 0. The maximum Gasteiger partial charge on any atom is 0.330 e. The normalized spacial score (nSPS) is 17.9. The van der Waals surface area contributed by atoms with Crippen molar-refractivity contribution in [1.82, 2.24) is 19.9 Å². The lowest BCUT2D eigenvalue weighted by molar-refractivity contribution is 0.0951. The van der Waals surface area contributed by atoms with Crippen LogP contribution in [0.25, 0.3) is 11.0 Å². The molecular weight excluding hydrogens is 358 g/mol. The number of hydrogen-bond acceptors (Lipinski definition) is 5. The number of H-pyrrole nitrogens is 1. The number of aromatic nitrogens is 3. The fraction of sp³-hybridized carbons (Fsp3) is 0.600. The van der Waals surface area contributed by atoms with Gasteiger partial charge < -0.3 is 11.1 Å². The number of hydrogen-bond donors (Lipinski definition) is 3. The highest BCUT2D eigenvalue weighted by Crippen LogP contribution is 2.40. The van der Waals surface area contributed by atoms with Crippen molar-refractivity contribution in [2.24, 2.45) is 17.6 Å². The summed E-state index contributed by atoms with van der Waals surface area (Å²) < 4.78 is 1.47. The maximum atomic E-state index is 12.9. The summed E-state index contributed by atoms with van der Waals surface area (Å²) in [5.74, 6) is 0.598. The van der Waals surface area contributed by atoms with Crippen LogP contribution >= 0.6 is 0 Å². The average molecular weight is 385 g/mol. The Balaban J connectivity index is 1.80. The highest BCUT2D eigenvalue weighted by atomic mass is 16.2. The van der Waals surface area contributed by atoms with E-state index in [1.165, 1.54) is 4.57 Å². The van der Waals surface area contributed by atoms with Crippen LogP contribution in [0.15, 0.2) is 15.7 Å². The molecule has 1 atom stereocenters. The zero-order valence-electron chi connectivity index (χ0n) is 16.3. The number of fused-ring (bicyclic) bond motifs is 1. The van der Waals surface area contributed by atoms with Gasteiger partial charge >= 0.3 is 5.69 Å². The summed E-state index contributed by atoms with van der Waals surface area (Å²) in [6, 6.07) is 1.63. The second-order valence-electron chi connectivity index (χ2n) is 8.54. The average Bonchev–Trinajstić information content (AvgIpc) is 3.54. The number of carbonyl (C=O) groups is 1. The number of nitrogens with zero attached hydrogens (tertiary/aromatic N) is 2. The fourth-order valence-corrected chi connectivity index (χ4v) is 3.59. The van der Waals surface area contributed by atoms with E-state index in [0.717, 1.165) is 31.4 Å². The molecule has 0 saturated heterocycles. The van der Waals surface area contributed by atoms with Gasteiger partial charge in [-0.25, -0.2) is 9.78 Å². The second-order valence-corrected chi connectivity index (χ2v) is 8.54. The molecule has 0 aromatic carbocycles. The van der Waals surface area contributed by atoms with Gasteiger partial charge in [0, 0.05) is 30.7 Å². The Morgan fingerprint density at radius 1 is 1.32 bits per heavy atom. The third-order valence-electron chi connectivity index (χ3n) is 5.48. The highest BCUT2D eigenvalue weighted by Gasteiger charge is 2.30. The van der Waals surface area contributed by atoms with E-state index in [2.05, 4.69) is 15.3 Å². The Labute approximate surface area is 162 Å². The first kappa shape index (κ1) is 18.9. The molecule has 8 heteroatoms. The molecule has 0 bridgehead atoms. The topological polar surface area (TPSA) is 123 Å². The lowest BCUT2D eigenvalue weighted by atomic mass is 10.1. The molecule has 0 aliphatic heterocycles. The Bertz CT molecular complexity index is 1030. The van der Waals surface area contributed by atoms with Crippen LogP contribution in [0, 0.1) is 11.8 Å². The van der Waals surface area contributed by atoms with Crippen molar-refractivity contribution < 1.29 is 4.79 Å². The molecule has 1 unspecified atom stereocenters. The maximum absolute atomic E-state index is 12.9. The zero-order chi connectivity index (χ0) is 20.0. The van der Waals surface area contributed by atoms with Gasteiger partial charge in [0.15, 0.2) is 5.65 Å². The Kier molecular flexibility index (Phi) is 4.82. The van der Waals surface area contributed by atoms with Gasteiger partial charge in [-0.3, -0.25) is 19.1 Å². The molecule has 0 spiro atoms. The van der Waals surface area contributed by atoms with Gasteiger partial charge in [-0.05, 0) is 43.6 Å². The Hall–Kier alpha value is -2.48. The van der Waals surface area contributed by atoms with Crippen molar-refractivity contribution in [1.29, 1.82) is 0 Å². The van der Waals surface area contributed by atoms with Crippen LogP contribution in [0.4, 0.5) is 0 Å². The third-order valence-corrected chi connectivity index (χ3v) is 5.48. The summed E-state index contributed by atoms with van der Waals surface area (Å²) in [6.45, 7) is 4.76. The molecule has 2 aliphatic rings. The van der Waals surface area contributed by atoms with E-state index in [-0.39, 0.29) is 34.7 Å². The van der Waals surface area contributed by atoms with Crippen LogP contribution < -0.4 is 22.3 Å². The van der Waals surface area contributed by atoms with Crippen LogP contribution in [0.1, 0.15) is 61.5 Å². The molecule has 150 valence electrons. The smallest absolute Gasteiger partial charge is 0.330 e. The summed E-state index contributed by atoms with van der Waals surface area (Å²) in [6.07, 6.45) is 4.21. The number of carbonyl (C=O) groups excluding carboxylic acids is 1. The summed E-state index contributed by atoms with van der Waals surface area (Å²) in [5, 5.41) is 3.04. The van der Waals surface area contributed by atoms with Gasteiger partial charge in [0.05, 0.1) is 10.9 Å². The standard InChI is InChI=1S/C20H27N5O3/c1-10(2)9-25-17-16(19(27)24-20(25)28)13(7-15(23-17)12-5-6-12)18(26)22-8-14(21)11-3-4-11/h7,10-12,14H,3-6,8-9,21H2,1-2H3,(H,22,26)(H,24,27,28). The quantitative estimate of drug-likeness (QED) is 0.658. The van der Waals surface area contributed by atoms with Gasteiger partial charge in [0.25, 0.3) is 11.5 Å². The molecular formula is C20H27N5O3. The summed E-state index contributed by atoms with van der Waals surface area (Å²) in [4.78, 5) is 44.9. The molecule has 4 rings (SSSR count). The largest absolute Gasteiger partial charge is 0.350 e. The van der Waals surface area contributed by atoms with E-state index in [0.29, 0.717) is 24.7 Å². The SMILES string of the molecule is CC(C)Cn1c(=O)[nH]c(=O)c2c(C(=O)NCC(N)C3CC3)cc(C3CC3)nc21. The van der Waals surface area contributed by atoms with E-state index in [4.69, 9.17) is 5.73 Å². The number of nitrogens with two attached hydrogens (primary N) is 1. The summed E-state index contributed by atoms with van der Waals surface area (Å²) in [7, 11) is 0. The molecule has 4 N–H and O–H groups in total. The van der Waals surface area contributed by atoms with E-state index < -0.39 is 11.2 Å². The number of pyridine rings is 1. The molecule has 2 aliphatic carbocycles. The van der Waals surface area contributed by atoms with Crippen molar-refractivity contribution in [2.75, 3.05) is 6.54 Å². The van der Waals surface area contributed by atoms with E-state index in [1.54, 1.807) is 6.07 Å². The minimum atomic E-state index is -0.577.